The van der Waals surface area contributed by atoms with Gasteiger partial charge >= 0.3 is 0 Å². The van der Waals surface area contributed by atoms with Crippen molar-refractivity contribution < 1.29 is 16.8 Å². The summed E-state index contributed by atoms with van der Waals surface area (Å²) in [5.74, 6) is 0. The van der Waals surface area contributed by atoms with Crippen molar-refractivity contribution in [2.45, 2.75) is 68.6 Å². The quantitative estimate of drug-likeness (QED) is 0.253. The Bertz CT molecular complexity index is 2210. The molecule has 7 heterocycles. The number of pyridine rings is 3. The molecule has 7 rings (SSSR count). The average molecular weight is 799 g/mol. The SMILES string of the molecule is C[C@H]1CCCN1S(=O)(=O)c1cnc2ccc(Br)cn12.Cc1cc(-c2ccc3ncc(S(=O)(=O)N4CCC[C@@H]4C)n3c2)cn(C)c1=O.S.S. The number of nitrogens with zero attached hydrogens (tertiary/aromatic N) is 7. The van der Waals surface area contributed by atoms with Gasteiger partial charge in [0.05, 0.1) is 12.4 Å². The molecule has 12 nitrogen and oxygen atoms in total. The Kier molecular flexibility index (Phi) is 11.7. The van der Waals surface area contributed by atoms with Gasteiger partial charge in [0.15, 0.2) is 10.1 Å². The van der Waals surface area contributed by atoms with Crippen LogP contribution >= 0.6 is 42.9 Å². The minimum absolute atomic E-state index is 0. The van der Waals surface area contributed by atoms with Gasteiger partial charge in [0.2, 0.25) is 0 Å². The van der Waals surface area contributed by atoms with Crippen molar-refractivity contribution in [3.8, 4) is 11.1 Å². The maximum atomic E-state index is 13.1. The van der Waals surface area contributed by atoms with Crippen LogP contribution in [0, 0.1) is 6.92 Å². The molecule has 0 bridgehead atoms. The topological polar surface area (TPSA) is 131 Å². The van der Waals surface area contributed by atoms with Crippen LogP contribution < -0.4 is 5.56 Å². The van der Waals surface area contributed by atoms with E-state index in [1.807, 2.05) is 32.0 Å². The van der Waals surface area contributed by atoms with Crippen LogP contribution in [-0.4, -0.2) is 74.0 Å². The fraction of sp³-hybridized carbons (Fsp3) is 0.387. The highest BCUT2D eigenvalue weighted by atomic mass is 79.9. The molecular formula is C31H40BrN7O5S4. The van der Waals surface area contributed by atoms with Crippen molar-refractivity contribution >= 4 is 74.3 Å². The highest BCUT2D eigenvalue weighted by Crippen LogP contribution is 2.29. The maximum Gasteiger partial charge on any atom is 0.260 e. The molecular weight excluding hydrogens is 759 g/mol. The number of fused-ring (bicyclic) bond motifs is 2. The Hall–Kier alpha value is -2.67. The Morgan fingerprint density at radius 3 is 1.73 bits per heavy atom. The summed E-state index contributed by atoms with van der Waals surface area (Å²) >= 11 is 3.36. The van der Waals surface area contributed by atoms with Crippen LogP contribution in [0.3, 0.4) is 0 Å². The zero-order valence-electron chi connectivity index (χ0n) is 27.0. The van der Waals surface area contributed by atoms with Crippen molar-refractivity contribution in [1.29, 1.82) is 0 Å². The summed E-state index contributed by atoms with van der Waals surface area (Å²) in [6.45, 7) is 6.78. The van der Waals surface area contributed by atoms with E-state index in [0.29, 0.717) is 29.9 Å². The lowest BCUT2D eigenvalue weighted by molar-refractivity contribution is 0.405. The average Bonchev–Trinajstić information content (AvgIpc) is 3.82. The van der Waals surface area contributed by atoms with Gasteiger partial charge in [-0.2, -0.15) is 35.6 Å². The number of aryl methyl sites for hydroxylation is 2. The van der Waals surface area contributed by atoms with Crippen LogP contribution in [0.5, 0.6) is 0 Å². The van der Waals surface area contributed by atoms with Gasteiger partial charge in [-0.25, -0.2) is 26.8 Å². The molecule has 0 aromatic carbocycles. The predicted octanol–water partition coefficient (Wildman–Crippen LogP) is 4.68. The van der Waals surface area contributed by atoms with Gasteiger partial charge in [-0.05, 0) is 104 Å². The molecule has 5 aromatic heterocycles. The Morgan fingerprint density at radius 1 is 0.750 bits per heavy atom. The number of rotatable bonds is 5. The van der Waals surface area contributed by atoms with E-state index in [1.165, 1.54) is 17.0 Å². The van der Waals surface area contributed by atoms with E-state index in [-0.39, 0.29) is 54.7 Å². The largest absolute Gasteiger partial charge is 0.318 e. The molecule has 5 aromatic rings. The number of hydrogen-bond acceptors (Lipinski definition) is 7. The number of hydrogen-bond donors (Lipinski definition) is 0. The lowest BCUT2D eigenvalue weighted by Gasteiger charge is -2.20. The molecule has 260 valence electrons. The van der Waals surface area contributed by atoms with Gasteiger partial charge in [-0.15, -0.1) is 0 Å². The molecule has 2 aliphatic rings. The number of aromatic nitrogens is 5. The molecule has 0 aliphatic carbocycles. The van der Waals surface area contributed by atoms with Gasteiger partial charge in [-0.3, -0.25) is 13.6 Å². The Labute approximate surface area is 302 Å². The number of sulfonamides is 2. The van der Waals surface area contributed by atoms with Crippen LogP contribution in [0.4, 0.5) is 0 Å². The second-order valence-electron chi connectivity index (χ2n) is 12.0. The second-order valence-corrected chi connectivity index (χ2v) is 16.5. The fourth-order valence-corrected chi connectivity index (χ4v) is 10.1. The zero-order chi connectivity index (χ0) is 33.0. The lowest BCUT2D eigenvalue weighted by atomic mass is 10.1. The minimum atomic E-state index is -3.61. The Balaban J connectivity index is 0.000000220. The summed E-state index contributed by atoms with van der Waals surface area (Å²) in [5.41, 5.74) is 3.47. The molecule has 0 N–H and O–H groups in total. The van der Waals surface area contributed by atoms with Crippen LogP contribution in [-0.2, 0) is 27.1 Å². The third kappa shape index (κ3) is 7.00. The molecule has 0 amide bonds. The van der Waals surface area contributed by atoms with Crippen LogP contribution in [0.15, 0.2) is 80.6 Å². The normalized spacial score (nSPS) is 18.8. The summed E-state index contributed by atoms with van der Waals surface area (Å²) < 4.78 is 60.4. The molecule has 2 atom stereocenters. The first-order chi connectivity index (χ1) is 21.8. The fourth-order valence-electron chi connectivity index (χ4n) is 6.25. The van der Waals surface area contributed by atoms with Gasteiger partial charge in [0.1, 0.15) is 11.3 Å². The van der Waals surface area contributed by atoms with Gasteiger partial charge < -0.3 is 4.57 Å². The summed E-state index contributed by atoms with van der Waals surface area (Å²) in [5, 5.41) is 0.409. The molecule has 0 spiro atoms. The van der Waals surface area contributed by atoms with Gasteiger partial charge in [-0.1, -0.05) is 0 Å². The first-order valence-electron chi connectivity index (χ1n) is 15.1. The zero-order valence-corrected chi connectivity index (χ0v) is 32.3. The lowest BCUT2D eigenvalue weighted by Crippen LogP contribution is -2.34. The van der Waals surface area contributed by atoms with E-state index in [4.69, 9.17) is 0 Å². The molecule has 0 radical (unpaired) electrons. The number of imidazole rings is 2. The standard InChI is InChI=1S/C19H22N4O3S.C12H14BrN3O2S.2H2S/c1-13-9-16(11-21(3)19(13)24)15-6-7-17-20-10-18(22(17)12-15)27(25,26)23-8-4-5-14(23)2;1-9-3-2-6-16(9)19(17,18)12-7-14-11-5-4-10(13)8-15(11)12;;/h6-7,9-12,14H,4-5,8H2,1-3H3;4-5,7-9H,2-3,6H2,1H3;2*1H2/t14-;9-;;/m00../s1. The summed E-state index contributed by atoms with van der Waals surface area (Å²) in [6.07, 6.45) is 11.7. The summed E-state index contributed by atoms with van der Waals surface area (Å²) in [4.78, 5) is 20.4. The van der Waals surface area contributed by atoms with Crippen LogP contribution in [0.1, 0.15) is 45.1 Å². The first kappa shape index (κ1) is 38.1. The van der Waals surface area contributed by atoms with Crippen molar-refractivity contribution in [2.75, 3.05) is 13.1 Å². The highest BCUT2D eigenvalue weighted by Gasteiger charge is 2.35. The van der Waals surface area contributed by atoms with Crippen molar-refractivity contribution in [3.63, 3.8) is 0 Å². The van der Waals surface area contributed by atoms with Crippen molar-refractivity contribution in [2.24, 2.45) is 7.05 Å². The third-order valence-electron chi connectivity index (χ3n) is 8.73. The molecule has 2 fully saturated rings. The molecule has 17 heteroatoms. The predicted molar refractivity (Wildman–Crippen MR) is 199 cm³/mol. The molecule has 0 unspecified atom stereocenters. The molecule has 2 aliphatic heterocycles. The first-order valence-corrected chi connectivity index (χ1v) is 18.8. The Morgan fingerprint density at radius 2 is 1.25 bits per heavy atom. The smallest absolute Gasteiger partial charge is 0.260 e. The highest BCUT2D eigenvalue weighted by molar-refractivity contribution is 9.10. The van der Waals surface area contributed by atoms with Crippen molar-refractivity contribution in [1.82, 2.24) is 31.9 Å². The van der Waals surface area contributed by atoms with E-state index in [1.54, 1.807) is 62.1 Å². The minimum Gasteiger partial charge on any atom is -0.318 e. The molecule has 48 heavy (non-hydrogen) atoms. The monoisotopic (exact) mass is 797 g/mol. The number of halogens is 1. The van der Waals surface area contributed by atoms with Gasteiger partial charge in [0, 0.05) is 60.8 Å². The molecule has 2 saturated heterocycles. The summed E-state index contributed by atoms with van der Waals surface area (Å²) in [6, 6.07) is 9.18. The molecule has 0 saturated carbocycles. The van der Waals surface area contributed by atoms with E-state index < -0.39 is 20.0 Å². The van der Waals surface area contributed by atoms with Crippen LogP contribution in [0.25, 0.3) is 22.4 Å². The van der Waals surface area contributed by atoms with Crippen molar-refractivity contribution in [3.05, 3.63) is 81.7 Å². The van der Waals surface area contributed by atoms with E-state index in [2.05, 4.69) is 25.9 Å². The van der Waals surface area contributed by atoms with Crippen LogP contribution in [0.2, 0.25) is 0 Å². The van der Waals surface area contributed by atoms with E-state index in [0.717, 1.165) is 41.3 Å². The van der Waals surface area contributed by atoms with E-state index in [9.17, 15) is 21.6 Å². The maximum absolute atomic E-state index is 13.1. The third-order valence-corrected chi connectivity index (χ3v) is 13.2. The van der Waals surface area contributed by atoms with Gasteiger partial charge in [0.25, 0.3) is 25.6 Å². The summed E-state index contributed by atoms with van der Waals surface area (Å²) in [7, 11) is -5.38. The second kappa shape index (κ2) is 14.7. The van der Waals surface area contributed by atoms with E-state index >= 15 is 0 Å².